The first-order valence-electron chi connectivity index (χ1n) is 9.51. The number of rotatable bonds is 8. The Morgan fingerprint density at radius 3 is 2.41 bits per heavy atom. The molecule has 2 N–H and O–H groups in total. The van der Waals surface area contributed by atoms with Gasteiger partial charge in [-0.25, -0.2) is 0 Å². The Hall–Kier alpha value is -2.39. The fourth-order valence-electron chi connectivity index (χ4n) is 2.55. The third kappa shape index (κ3) is 8.63. The van der Waals surface area contributed by atoms with Gasteiger partial charge < -0.3 is 15.2 Å². The lowest BCUT2D eigenvalue weighted by Crippen LogP contribution is -2.27. The van der Waals surface area contributed by atoms with E-state index in [2.05, 4.69) is 5.32 Å². The van der Waals surface area contributed by atoms with Crippen LogP contribution in [0, 0.1) is 5.41 Å². The Balaban J connectivity index is 2.32. The first-order chi connectivity index (χ1) is 14.7. The molecular weight excluding hydrogens is 467 g/mol. The van der Waals surface area contributed by atoms with Crippen molar-refractivity contribution in [2.75, 3.05) is 11.1 Å². The van der Waals surface area contributed by atoms with E-state index in [4.69, 9.17) is 21.4 Å². The molecular formula is C22H23ClF3NO4S. The van der Waals surface area contributed by atoms with Gasteiger partial charge in [0.05, 0.1) is 12.2 Å². The Labute approximate surface area is 193 Å². The summed E-state index contributed by atoms with van der Waals surface area (Å²) >= 11 is 6.71. The molecule has 10 heteroatoms. The number of carbonyl (C=O) groups excluding carboxylic acids is 1. The number of carboxylic acids is 1. The van der Waals surface area contributed by atoms with E-state index in [1.807, 2.05) is 0 Å². The first-order valence-corrected chi connectivity index (χ1v) is 11.0. The van der Waals surface area contributed by atoms with E-state index in [1.54, 1.807) is 39.0 Å². The highest BCUT2D eigenvalue weighted by Gasteiger charge is 2.27. The molecule has 0 aromatic heterocycles. The van der Waals surface area contributed by atoms with Crippen molar-refractivity contribution < 1.29 is 32.6 Å². The molecule has 0 radical (unpaired) electrons. The fraction of sp³-hybridized carbons (Fsp3) is 0.364. The molecule has 0 aliphatic heterocycles. The molecule has 0 saturated heterocycles. The SMILES string of the molecule is CC(C)(C)C(=O)Nc1ccc(Oc2cc(Cl)cc(CC(=O)O)c2)c(CSCC(F)(F)F)c1. The van der Waals surface area contributed by atoms with Crippen LogP contribution in [-0.4, -0.2) is 28.9 Å². The minimum atomic E-state index is -4.32. The number of carboxylic acid groups (broad SMARTS) is 1. The highest BCUT2D eigenvalue weighted by Crippen LogP contribution is 2.34. The van der Waals surface area contributed by atoms with Gasteiger partial charge in [0, 0.05) is 27.4 Å². The van der Waals surface area contributed by atoms with Crippen LogP contribution in [0.3, 0.4) is 0 Å². The van der Waals surface area contributed by atoms with Crippen molar-refractivity contribution in [1.82, 2.24) is 0 Å². The van der Waals surface area contributed by atoms with Gasteiger partial charge in [-0.05, 0) is 42.0 Å². The highest BCUT2D eigenvalue weighted by molar-refractivity contribution is 7.98. The van der Waals surface area contributed by atoms with Gasteiger partial charge in [-0.2, -0.15) is 13.2 Å². The van der Waals surface area contributed by atoms with Crippen molar-refractivity contribution in [3.8, 4) is 11.5 Å². The molecule has 2 aromatic rings. The fourth-order valence-corrected chi connectivity index (χ4v) is 3.57. The van der Waals surface area contributed by atoms with Crippen LogP contribution in [0.4, 0.5) is 18.9 Å². The summed E-state index contributed by atoms with van der Waals surface area (Å²) in [6, 6.07) is 9.16. The van der Waals surface area contributed by atoms with Gasteiger partial charge in [0.25, 0.3) is 0 Å². The normalized spacial score (nSPS) is 11.8. The van der Waals surface area contributed by atoms with Crippen molar-refractivity contribution in [1.29, 1.82) is 0 Å². The van der Waals surface area contributed by atoms with E-state index in [1.165, 1.54) is 18.2 Å². The minimum absolute atomic E-state index is 0.0172. The summed E-state index contributed by atoms with van der Waals surface area (Å²) in [4.78, 5) is 23.3. The topological polar surface area (TPSA) is 75.6 Å². The maximum absolute atomic E-state index is 12.6. The van der Waals surface area contributed by atoms with Crippen molar-refractivity contribution in [2.24, 2.45) is 5.41 Å². The number of thioether (sulfide) groups is 1. The van der Waals surface area contributed by atoms with Crippen LogP contribution in [0.5, 0.6) is 11.5 Å². The van der Waals surface area contributed by atoms with Crippen molar-refractivity contribution in [3.05, 3.63) is 52.5 Å². The van der Waals surface area contributed by atoms with E-state index < -0.39 is 23.3 Å². The number of amides is 1. The van der Waals surface area contributed by atoms with Crippen LogP contribution in [0.1, 0.15) is 31.9 Å². The minimum Gasteiger partial charge on any atom is -0.481 e. The van der Waals surface area contributed by atoms with Gasteiger partial charge in [-0.15, -0.1) is 11.8 Å². The van der Waals surface area contributed by atoms with Crippen molar-refractivity contribution >= 4 is 40.9 Å². The van der Waals surface area contributed by atoms with Gasteiger partial charge >= 0.3 is 12.1 Å². The molecule has 32 heavy (non-hydrogen) atoms. The molecule has 0 spiro atoms. The Morgan fingerprint density at radius 2 is 1.81 bits per heavy atom. The average Bonchev–Trinajstić information content (AvgIpc) is 2.60. The Bertz CT molecular complexity index is 990. The highest BCUT2D eigenvalue weighted by atomic mass is 35.5. The van der Waals surface area contributed by atoms with E-state index in [0.717, 1.165) is 0 Å². The van der Waals surface area contributed by atoms with Gasteiger partial charge in [-0.1, -0.05) is 32.4 Å². The van der Waals surface area contributed by atoms with Gasteiger partial charge in [0.15, 0.2) is 0 Å². The number of halogens is 4. The van der Waals surface area contributed by atoms with Crippen LogP contribution in [0.15, 0.2) is 36.4 Å². The van der Waals surface area contributed by atoms with Crippen LogP contribution >= 0.6 is 23.4 Å². The molecule has 2 aromatic carbocycles. The standard InChI is InChI=1S/C22H23ClF3NO4S/c1-21(2,3)20(30)27-16-4-5-18(14(9-16)11-32-12-22(24,25)26)31-17-7-13(8-19(28)29)6-15(23)10-17/h4-7,9-10H,8,11-12H2,1-3H3,(H,27,30)(H,28,29). The van der Waals surface area contributed by atoms with Gasteiger partial charge in [0.2, 0.25) is 5.91 Å². The number of hydrogen-bond donors (Lipinski definition) is 2. The van der Waals surface area contributed by atoms with E-state index in [9.17, 15) is 22.8 Å². The van der Waals surface area contributed by atoms with Gasteiger partial charge in [0.1, 0.15) is 11.5 Å². The van der Waals surface area contributed by atoms with E-state index in [0.29, 0.717) is 28.6 Å². The number of carbonyl (C=O) groups is 2. The second-order valence-corrected chi connectivity index (χ2v) is 9.52. The maximum atomic E-state index is 12.6. The summed E-state index contributed by atoms with van der Waals surface area (Å²) in [5.74, 6) is -1.81. The second-order valence-electron chi connectivity index (χ2n) is 8.10. The molecule has 174 valence electrons. The van der Waals surface area contributed by atoms with Crippen molar-refractivity contribution in [2.45, 2.75) is 39.1 Å². The predicted octanol–water partition coefficient (Wildman–Crippen LogP) is 6.54. The summed E-state index contributed by atoms with van der Waals surface area (Å²) in [5, 5.41) is 12.0. The number of aliphatic carboxylic acids is 1. The zero-order chi connectivity index (χ0) is 24.1. The molecule has 0 fully saturated rings. The molecule has 2 rings (SSSR count). The summed E-state index contributed by atoms with van der Waals surface area (Å²) < 4.78 is 43.7. The largest absolute Gasteiger partial charge is 0.481 e. The van der Waals surface area contributed by atoms with E-state index in [-0.39, 0.29) is 34.6 Å². The third-order valence-electron chi connectivity index (χ3n) is 4.04. The zero-order valence-corrected chi connectivity index (χ0v) is 19.2. The van der Waals surface area contributed by atoms with Gasteiger partial charge in [-0.3, -0.25) is 9.59 Å². The molecule has 5 nitrogen and oxygen atoms in total. The molecule has 0 heterocycles. The quantitative estimate of drug-likeness (QED) is 0.440. The lowest BCUT2D eigenvalue weighted by Gasteiger charge is -2.19. The van der Waals surface area contributed by atoms with E-state index >= 15 is 0 Å². The third-order valence-corrected chi connectivity index (χ3v) is 5.30. The molecule has 0 unspecified atom stereocenters. The molecule has 0 aliphatic carbocycles. The van der Waals surface area contributed by atoms with Crippen LogP contribution in [0.2, 0.25) is 5.02 Å². The molecule has 1 amide bonds. The monoisotopic (exact) mass is 489 g/mol. The van der Waals surface area contributed by atoms with Crippen molar-refractivity contribution in [3.63, 3.8) is 0 Å². The zero-order valence-electron chi connectivity index (χ0n) is 17.7. The summed E-state index contributed by atoms with van der Waals surface area (Å²) in [7, 11) is 0. The number of alkyl halides is 3. The Morgan fingerprint density at radius 1 is 1.12 bits per heavy atom. The number of ether oxygens (including phenoxy) is 1. The smallest absolute Gasteiger partial charge is 0.397 e. The molecule has 0 aliphatic rings. The summed E-state index contributed by atoms with van der Waals surface area (Å²) in [6.45, 7) is 5.23. The molecule has 0 atom stereocenters. The number of nitrogens with one attached hydrogen (secondary N) is 1. The van der Waals surface area contributed by atoms with Crippen LogP contribution in [0.25, 0.3) is 0 Å². The Kier molecular flexibility index (Phi) is 8.47. The lowest BCUT2D eigenvalue weighted by molar-refractivity contribution is -0.136. The molecule has 0 saturated carbocycles. The predicted molar refractivity (Wildman–Crippen MR) is 120 cm³/mol. The first kappa shape index (κ1) is 25.9. The molecule has 0 bridgehead atoms. The number of hydrogen-bond acceptors (Lipinski definition) is 4. The van der Waals surface area contributed by atoms with Crippen LogP contribution in [-0.2, 0) is 21.8 Å². The number of benzene rings is 2. The average molecular weight is 490 g/mol. The lowest BCUT2D eigenvalue weighted by atomic mass is 9.95. The van der Waals surface area contributed by atoms with Crippen LogP contribution < -0.4 is 10.1 Å². The second kappa shape index (κ2) is 10.5. The number of anilines is 1. The maximum Gasteiger partial charge on any atom is 0.397 e. The summed E-state index contributed by atoms with van der Waals surface area (Å²) in [5.41, 5.74) is 0.632. The summed E-state index contributed by atoms with van der Waals surface area (Å²) in [6.07, 6.45) is -4.58.